The van der Waals surface area contributed by atoms with Crippen molar-refractivity contribution in [2.24, 2.45) is 5.73 Å². The quantitative estimate of drug-likeness (QED) is 0.628. The summed E-state index contributed by atoms with van der Waals surface area (Å²) >= 11 is 5.99. The van der Waals surface area contributed by atoms with Crippen LogP contribution in [-0.4, -0.2) is 39.9 Å². The summed E-state index contributed by atoms with van der Waals surface area (Å²) in [6, 6.07) is 5.14. The van der Waals surface area contributed by atoms with Gasteiger partial charge in [0.05, 0.1) is 16.3 Å². The monoisotopic (exact) mass is 289 g/mol. The van der Waals surface area contributed by atoms with Crippen molar-refractivity contribution < 1.29 is 8.42 Å². The number of halogens is 1. The molecule has 1 aromatic carbocycles. The van der Waals surface area contributed by atoms with Crippen LogP contribution in [0.15, 0.2) is 18.2 Å². The van der Waals surface area contributed by atoms with Gasteiger partial charge in [0.2, 0.25) is 0 Å². The Balaban J connectivity index is 3.02. The molecule has 0 spiro atoms. The minimum atomic E-state index is -3.03. The first-order valence-electron chi connectivity index (χ1n) is 5.24. The number of anilines is 1. The molecular formula is C11H16ClN3O2S. The Hall–Kier alpha value is -1.27. The molecule has 5 nitrogen and oxygen atoms in total. The molecule has 0 amide bonds. The van der Waals surface area contributed by atoms with E-state index in [4.69, 9.17) is 22.7 Å². The predicted molar refractivity (Wildman–Crippen MR) is 75.4 cm³/mol. The number of sulfone groups is 1. The van der Waals surface area contributed by atoms with Crippen LogP contribution in [0, 0.1) is 5.41 Å². The van der Waals surface area contributed by atoms with Crippen LogP contribution in [0.25, 0.3) is 0 Å². The minimum absolute atomic E-state index is 0.0351. The van der Waals surface area contributed by atoms with Gasteiger partial charge < -0.3 is 10.6 Å². The molecule has 0 aromatic heterocycles. The summed E-state index contributed by atoms with van der Waals surface area (Å²) < 4.78 is 22.3. The highest BCUT2D eigenvalue weighted by molar-refractivity contribution is 7.90. The van der Waals surface area contributed by atoms with Crippen LogP contribution in [-0.2, 0) is 9.84 Å². The van der Waals surface area contributed by atoms with Crippen LogP contribution >= 0.6 is 11.6 Å². The van der Waals surface area contributed by atoms with Gasteiger partial charge >= 0.3 is 0 Å². The molecule has 100 valence electrons. The fraction of sp³-hybridized carbons (Fsp3) is 0.364. The number of hydrogen-bond donors (Lipinski definition) is 2. The summed E-state index contributed by atoms with van der Waals surface area (Å²) in [5.41, 5.74) is 6.57. The summed E-state index contributed by atoms with van der Waals surface area (Å²) in [5.74, 6) is -0.102. The topological polar surface area (TPSA) is 87.2 Å². The van der Waals surface area contributed by atoms with Crippen molar-refractivity contribution >= 4 is 33.0 Å². The maximum Gasteiger partial charge on any atom is 0.149 e. The molecule has 18 heavy (non-hydrogen) atoms. The van der Waals surface area contributed by atoms with Crippen LogP contribution in [0.4, 0.5) is 5.69 Å². The lowest BCUT2D eigenvalue weighted by atomic mass is 10.1. The summed E-state index contributed by atoms with van der Waals surface area (Å²) in [6.07, 6.45) is 1.19. The molecule has 0 saturated carbocycles. The molecule has 7 heteroatoms. The number of benzene rings is 1. The van der Waals surface area contributed by atoms with E-state index in [2.05, 4.69) is 0 Å². The third-order valence-electron chi connectivity index (χ3n) is 2.47. The first-order chi connectivity index (χ1) is 8.22. The van der Waals surface area contributed by atoms with E-state index in [1.807, 2.05) is 0 Å². The van der Waals surface area contributed by atoms with Crippen molar-refractivity contribution in [2.45, 2.75) is 0 Å². The van der Waals surface area contributed by atoms with E-state index in [9.17, 15) is 8.42 Å². The van der Waals surface area contributed by atoms with Gasteiger partial charge in [-0.15, -0.1) is 0 Å². The Labute approximate surface area is 112 Å². The van der Waals surface area contributed by atoms with Crippen LogP contribution in [0.1, 0.15) is 5.56 Å². The number of hydrogen-bond acceptors (Lipinski definition) is 4. The van der Waals surface area contributed by atoms with Crippen LogP contribution < -0.4 is 10.6 Å². The summed E-state index contributed by atoms with van der Waals surface area (Å²) in [4.78, 5) is 1.73. The van der Waals surface area contributed by atoms with Crippen molar-refractivity contribution in [1.82, 2.24) is 0 Å². The highest BCUT2D eigenvalue weighted by Crippen LogP contribution is 2.26. The van der Waals surface area contributed by atoms with Crippen LogP contribution in [0.5, 0.6) is 0 Å². The molecule has 0 atom stereocenters. The van der Waals surface area contributed by atoms with E-state index in [1.54, 1.807) is 30.1 Å². The number of nitrogens with zero attached hydrogens (tertiary/aromatic N) is 1. The molecule has 0 aliphatic rings. The largest absolute Gasteiger partial charge is 0.384 e. The number of rotatable bonds is 5. The van der Waals surface area contributed by atoms with E-state index in [0.717, 1.165) is 0 Å². The zero-order valence-corrected chi connectivity index (χ0v) is 11.8. The minimum Gasteiger partial charge on any atom is -0.384 e. The summed E-state index contributed by atoms with van der Waals surface area (Å²) in [7, 11) is -1.29. The Morgan fingerprint density at radius 3 is 2.61 bits per heavy atom. The van der Waals surface area contributed by atoms with E-state index in [-0.39, 0.29) is 11.6 Å². The molecule has 0 radical (unpaired) electrons. The first-order valence-corrected chi connectivity index (χ1v) is 7.68. The second kappa shape index (κ2) is 5.58. The molecular weight excluding hydrogens is 274 g/mol. The fourth-order valence-corrected chi connectivity index (χ4v) is 2.40. The summed E-state index contributed by atoms with van der Waals surface area (Å²) in [5, 5.41) is 7.89. The highest BCUT2D eigenvalue weighted by atomic mass is 35.5. The standard InChI is InChI=1S/C11H16ClN3O2S/c1-15(6-7-18(2,16)17)9-5-3-4-8(12)10(9)11(13)14/h3-5H,6-7H2,1-2H3,(H3,13,14). The van der Waals surface area contributed by atoms with E-state index in [0.29, 0.717) is 22.8 Å². The van der Waals surface area contributed by atoms with Crippen molar-refractivity contribution in [3.05, 3.63) is 28.8 Å². The third-order valence-corrected chi connectivity index (χ3v) is 3.71. The van der Waals surface area contributed by atoms with Gasteiger partial charge in [0.25, 0.3) is 0 Å². The van der Waals surface area contributed by atoms with Gasteiger partial charge in [-0.2, -0.15) is 0 Å². The van der Waals surface area contributed by atoms with E-state index < -0.39 is 9.84 Å². The molecule has 1 aromatic rings. The zero-order chi connectivity index (χ0) is 13.9. The highest BCUT2D eigenvalue weighted by Gasteiger charge is 2.14. The predicted octanol–water partition coefficient (Wildman–Crippen LogP) is 1.10. The molecule has 0 aliphatic heterocycles. The average Bonchev–Trinajstić information content (AvgIpc) is 2.24. The summed E-state index contributed by atoms with van der Waals surface area (Å²) in [6.45, 7) is 0.319. The van der Waals surface area contributed by atoms with Gasteiger partial charge in [-0.25, -0.2) is 8.42 Å². The molecule has 0 heterocycles. The molecule has 0 saturated heterocycles. The molecule has 0 unspecified atom stereocenters. The van der Waals surface area contributed by atoms with Crippen molar-refractivity contribution in [2.75, 3.05) is 30.5 Å². The second-order valence-corrected chi connectivity index (χ2v) is 6.77. The number of nitrogens with two attached hydrogens (primary N) is 1. The van der Waals surface area contributed by atoms with Crippen LogP contribution in [0.3, 0.4) is 0 Å². The number of amidine groups is 1. The van der Waals surface area contributed by atoms with Crippen LogP contribution in [0.2, 0.25) is 5.02 Å². The number of nitrogen functional groups attached to an aromatic ring is 1. The van der Waals surface area contributed by atoms with Crippen molar-refractivity contribution in [3.63, 3.8) is 0 Å². The Morgan fingerprint density at radius 1 is 1.50 bits per heavy atom. The normalized spacial score (nSPS) is 11.3. The van der Waals surface area contributed by atoms with Gasteiger partial charge in [0.1, 0.15) is 15.7 Å². The molecule has 1 rings (SSSR count). The average molecular weight is 290 g/mol. The lowest BCUT2D eigenvalue weighted by Crippen LogP contribution is -2.27. The van der Waals surface area contributed by atoms with Gasteiger partial charge in [-0.05, 0) is 12.1 Å². The Kier molecular flexibility index (Phi) is 4.59. The molecule has 0 fully saturated rings. The maximum atomic E-state index is 11.1. The van der Waals surface area contributed by atoms with Gasteiger partial charge in [0, 0.05) is 25.5 Å². The Morgan fingerprint density at radius 2 is 2.11 bits per heavy atom. The maximum absolute atomic E-state index is 11.1. The van der Waals surface area contributed by atoms with Crippen molar-refractivity contribution in [1.29, 1.82) is 5.41 Å². The van der Waals surface area contributed by atoms with Gasteiger partial charge in [-0.1, -0.05) is 17.7 Å². The van der Waals surface area contributed by atoms with Crippen molar-refractivity contribution in [3.8, 4) is 0 Å². The number of nitrogens with one attached hydrogen (secondary N) is 1. The zero-order valence-electron chi connectivity index (χ0n) is 10.3. The molecule has 0 bridgehead atoms. The smallest absolute Gasteiger partial charge is 0.149 e. The molecule has 0 aliphatic carbocycles. The van der Waals surface area contributed by atoms with Gasteiger partial charge in [0.15, 0.2) is 0 Å². The third kappa shape index (κ3) is 3.89. The Bertz CT molecular complexity index is 557. The SMILES string of the molecule is CN(CCS(C)(=O)=O)c1cccc(Cl)c1C(=N)N. The lowest BCUT2D eigenvalue weighted by molar-refractivity contribution is 0.601. The van der Waals surface area contributed by atoms with Gasteiger partial charge in [-0.3, -0.25) is 5.41 Å². The fourth-order valence-electron chi connectivity index (χ4n) is 1.52. The van der Waals surface area contributed by atoms with E-state index in [1.165, 1.54) is 6.26 Å². The van der Waals surface area contributed by atoms with E-state index >= 15 is 0 Å². The lowest BCUT2D eigenvalue weighted by Gasteiger charge is -2.22. The first kappa shape index (κ1) is 14.8. The molecule has 3 N–H and O–H groups in total. The second-order valence-electron chi connectivity index (χ2n) is 4.10.